The lowest BCUT2D eigenvalue weighted by molar-refractivity contribution is 0.315. The lowest BCUT2D eigenvalue weighted by Crippen LogP contribution is -2.11. The van der Waals surface area contributed by atoms with Crippen molar-refractivity contribution in [3.8, 4) is 0 Å². The fourth-order valence-electron chi connectivity index (χ4n) is 1.33. The second kappa shape index (κ2) is 6.06. The van der Waals surface area contributed by atoms with Gasteiger partial charge in [-0.05, 0) is 25.5 Å². The van der Waals surface area contributed by atoms with E-state index in [1.54, 1.807) is 0 Å². The molecule has 0 saturated heterocycles. The lowest BCUT2D eigenvalue weighted by atomic mass is 10.2. The smallest absolute Gasteiger partial charge is 0.182 e. The van der Waals surface area contributed by atoms with Crippen LogP contribution >= 0.6 is 0 Å². The maximum atomic E-state index is 7.45. The van der Waals surface area contributed by atoms with E-state index in [9.17, 15) is 0 Å². The molecule has 3 nitrogen and oxygen atoms in total. The van der Waals surface area contributed by atoms with Gasteiger partial charge in [0.25, 0.3) is 0 Å². The molecule has 0 saturated carbocycles. The molecular weight excluding hydrogens is 188 g/mol. The highest BCUT2D eigenvalue weighted by atomic mass is 16.5. The van der Waals surface area contributed by atoms with Gasteiger partial charge in [0, 0.05) is 18.7 Å². The number of aryl methyl sites for hydroxylation is 1. The van der Waals surface area contributed by atoms with Gasteiger partial charge in [0.2, 0.25) is 0 Å². The van der Waals surface area contributed by atoms with E-state index >= 15 is 0 Å². The molecule has 3 heteroatoms. The first kappa shape index (κ1) is 11.6. The summed E-state index contributed by atoms with van der Waals surface area (Å²) in [5, 5.41) is 10.7. The van der Waals surface area contributed by atoms with Crippen LogP contribution in [0.5, 0.6) is 0 Å². The summed E-state index contributed by atoms with van der Waals surface area (Å²) < 4.78 is 5.05. The van der Waals surface area contributed by atoms with Crippen molar-refractivity contribution in [2.45, 2.75) is 20.3 Å². The number of ether oxygens (including phenoxy) is 1. The fraction of sp³-hybridized carbons (Fsp3) is 0.417. The van der Waals surface area contributed by atoms with Gasteiger partial charge in [-0.15, -0.1) is 0 Å². The molecule has 0 aliphatic carbocycles. The van der Waals surface area contributed by atoms with Crippen LogP contribution in [0.1, 0.15) is 18.9 Å². The number of benzene rings is 1. The molecule has 0 unspecified atom stereocenters. The molecule has 0 aromatic heterocycles. The average Bonchev–Trinajstić information content (AvgIpc) is 2.21. The molecule has 0 spiro atoms. The maximum absolute atomic E-state index is 7.45. The van der Waals surface area contributed by atoms with Gasteiger partial charge in [0.05, 0.1) is 6.61 Å². The quantitative estimate of drug-likeness (QED) is 0.574. The van der Waals surface area contributed by atoms with Crippen molar-refractivity contribution in [3.05, 3.63) is 29.8 Å². The minimum Gasteiger partial charge on any atom is -0.481 e. The predicted octanol–water partition coefficient (Wildman–Crippen LogP) is 2.81. The molecule has 0 aliphatic rings. The van der Waals surface area contributed by atoms with Crippen LogP contribution in [-0.4, -0.2) is 19.0 Å². The van der Waals surface area contributed by atoms with E-state index in [-0.39, 0.29) is 0 Å². The Morgan fingerprint density at radius 2 is 2.13 bits per heavy atom. The van der Waals surface area contributed by atoms with Crippen molar-refractivity contribution in [1.82, 2.24) is 0 Å². The SMILES string of the molecule is CCOC(=N)CCNc1ccccc1C. The summed E-state index contributed by atoms with van der Waals surface area (Å²) >= 11 is 0. The molecule has 82 valence electrons. The summed E-state index contributed by atoms with van der Waals surface area (Å²) in [6, 6.07) is 8.13. The van der Waals surface area contributed by atoms with E-state index in [0.29, 0.717) is 18.9 Å². The number of anilines is 1. The normalized spacial score (nSPS) is 9.73. The molecule has 0 heterocycles. The third-order valence-corrected chi connectivity index (χ3v) is 2.13. The predicted molar refractivity (Wildman–Crippen MR) is 63.6 cm³/mol. The number of nitrogens with one attached hydrogen (secondary N) is 2. The summed E-state index contributed by atoms with van der Waals surface area (Å²) in [4.78, 5) is 0. The van der Waals surface area contributed by atoms with Crippen molar-refractivity contribution in [1.29, 1.82) is 5.41 Å². The second-order valence-corrected chi connectivity index (χ2v) is 3.35. The van der Waals surface area contributed by atoms with Gasteiger partial charge in [-0.25, -0.2) is 0 Å². The standard InChI is InChI=1S/C12H18N2O/c1-3-15-12(13)8-9-14-11-7-5-4-6-10(11)2/h4-7,13-14H,3,8-9H2,1-2H3. The lowest BCUT2D eigenvalue weighted by Gasteiger charge is -2.09. The Hall–Kier alpha value is -1.51. The summed E-state index contributed by atoms with van der Waals surface area (Å²) in [7, 11) is 0. The molecule has 1 aromatic rings. The zero-order valence-electron chi connectivity index (χ0n) is 9.34. The molecule has 0 bridgehead atoms. The van der Waals surface area contributed by atoms with E-state index in [1.807, 2.05) is 25.1 Å². The number of hydrogen-bond acceptors (Lipinski definition) is 3. The van der Waals surface area contributed by atoms with Crippen LogP contribution < -0.4 is 5.32 Å². The van der Waals surface area contributed by atoms with Crippen molar-refractivity contribution < 1.29 is 4.74 Å². The minimum absolute atomic E-state index is 0.346. The van der Waals surface area contributed by atoms with Gasteiger partial charge in [0.15, 0.2) is 5.90 Å². The zero-order valence-corrected chi connectivity index (χ0v) is 9.34. The first-order chi connectivity index (χ1) is 7.24. The minimum atomic E-state index is 0.346. The van der Waals surface area contributed by atoms with Crippen LogP contribution in [0.15, 0.2) is 24.3 Å². The Kier molecular flexibility index (Phi) is 4.68. The Bertz CT molecular complexity index is 323. The Morgan fingerprint density at radius 1 is 1.40 bits per heavy atom. The molecule has 0 radical (unpaired) electrons. The number of hydrogen-bond donors (Lipinski definition) is 2. The monoisotopic (exact) mass is 206 g/mol. The highest BCUT2D eigenvalue weighted by Crippen LogP contribution is 2.12. The van der Waals surface area contributed by atoms with Gasteiger partial charge in [0.1, 0.15) is 0 Å². The third kappa shape index (κ3) is 4.02. The molecule has 0 fully saturated rings. The first-order valence-corrected chi connectivity index (χ1v) is 5.23. The number of rotatable bonds is 5. The Morgan fingerprint density at radius 3 is 2.80 bits per heavy atom. The van der Waals surface area contributed by atoms with Crippen LogP contribution in [0.3, 0.4) is 0 Å². The van der Waals surface area contributed by atoms with Gasteiger partial charge < -0.3 is 10.1 Å². The molecule has 0 aliphatic heterocycles. The average molecular weight is 206 g/mol. The summed E-state index contributed by atoms with van der Waals surface area (Å²) in [6.45, 7) is 5.27. The summed E-state index contributed by atoms with van der Waals surface area (Å²) in [5.41, 5.74) is 2.35. The van der Waals surface area contributed by atoms with E-state index in [1.165, 1.54) is 5.56 Å². The third-order valence-electron chi connectivity index (χ3n) is 2.13. The van der Waals surface area contributed by atoms with Crippen LogP contribution in [0.25, 0.3) is 0 Å². The summed E-state index contributed by atoms with van der Waals surface area (Å²) in [5.74, 6) is 0.346. The van der Waals surface area contributed by atoms with Crippen LogP contribution in [0, 0.1) is 12.3 Å². The van der Waals surface area contributed by atoms with E-state index in [2.05, 4.69) is 18.3 Å². The molecule has 0 atom stereocenters. The van der Waals surface area contributed by atoms with E-state index in [4.69, 9.17) is 10.1 Å². The molecule has 2 N–H and O–H groups in total. The Balaban J connectivity index is 2.32. The van der Waals surface area contributed by atoms with Gasteiger partial charge in [-0.1, -0.05) is 18.2 Å². The molecule has 15 heavy (non-hydrogen) atoms. The van der Waals surface area contributed by atoms with Crippen LogP contribution in [-0.2, 0) is 4.74 Å². The van der Waals surface area contributed by atoms with Crippen molar-refractivity contribution in [2.24, 2.45) is 0 Å². The van der Waals surface area contributed by atoms with E-state index < -0.39 is 0 Å². The highest BCUT2D eigenvalue weighted by molar-refractivity contribution is 5.73. The van der Waals surface area contributed by atoms with E-state index in [0.717, 1.165) is 12.2 Å². The molecule has 0 amide bonds. The fourth-order valence-corrected chi connectivity index (χ4v) is 1.33. The molecule has 1 aromatic carbocycles. The first-order valence-electron chi connectivity index (χ1n) is 5.23. The van der Waals surface area contributed by atoms with Gasteiger partial charge >= 0.3 is 0 Å². The zero-order chi connectivity index (χ0) is 11.1. The van der Waals surface area contributed by atoms with Crippen molar-refractivity contribution >= 4 is 11.6 Å². The number of para-hydroxylation sites is 1. The van der Waals surface area contributed by atoms with Crippen molar-refractivity contribution in [2.75, 3.05) is 18.5 Å². The molecular formula is C12H18N2O. The van der Waals surface area contributed by atoms with Crippen LogP contribution in [0.2, 0.25) is 0 Å². The second-order valence-electron chi connectivity index (χ2n) is 3.35. The van der Waals surface area contributed by atoms with Gasteiger partial charge in [-0.3, -0.25) is 5.41 Å². The highest BCUT2D eigenvalue weighted by Gasteiger charge is 1.98. The largest absolute Gasteiger partial charge is 0.481 e. The summed E-state index contributed by atoms with van der Waals surface area (Å²) in [6.07, 6.45) is 0.627. The topological polar surface area (TPSA) is 45.1 Å². The van der Waals surface area contributed by atoms with Crippen molar-refractivity contribution in [3.63, 3.8) is 0 Å². The van der Waals surface area contributed by atoms with Gasteiger partial charge in [-0.2, -0.15) is 0 Å². The Labute approximate surface area is 91.0 Å². The maximum Gasteiger partial charge on any atom is 0.182 e. The van der Waals surface area contributed by atoms with Crippen LogP contribution in [0.4, 0.5) is 5.69 Å². The molecule has 1 rings (SSSR count).